The number of nitrogens with zero attached hydrogens (tertiary/aromatic N) is 2. The van der Waals surface area contributed by atoms with Crippen LogP contribution in [0.25, 0.3) is 0 Å². The van der Waals surface area contributed by atoms with Crippen molar-refractivity contribution < 1.29 is 14.4 Å². The topological polar surface area (TPSA) is 69.7 Å². The molecule has 150 valence electrons. The number of halogens is 1. The predicted molar refractivity (Wildman–Crippen MR) is 110 cm³/mol. The van der Waals surface area contributed by atoms with Gasteiger partial charge in [-0.25, -0.2) is 4.79 Å². The zero-order valence-corrected chi connectivity index (χ0v) is 16.9. The summed E-state index contributed by atoms with van der Waals surface area (Å²) < 4.78 is 0. The molecular formula is C22H22ClN3O3. The van der Waals surface area contributed by atoms with E-state index in [1.54, 1.807) is 29.2 Å². The van der Waals surface area contributed by atoms with Gasteiger partial charge < -0.3 is 10.2 Å². The standard InChI is InChI=1S/C22H22ClN3O3/c1-15-7-9-16(10-8-15)13-26-20(28)22(24-21(26)29)11-4-12-25(14-22)19(27)17-5-2-3-6-18(17)23/h2-3,5-10H,4,11-14H2,1H3,(H,24,29)/t22-/m0/s1. The van der Waals surface area contributed by atoms with Gasteiger partial charge in [-0.2, -0.15) is 0 Å². The highest BCUT2D eigenvalue weighted by molar-refractivity contribution is 6.33. The number of aryl methyl sites for hydroxylation is 1. The van der Waals surface area contributed by atoms with E-state index in [0.717, 1.165) is 11.1 Å². The third-order valence-electron chi connectivity index (χ3n) is 5.59. The van der Waals surface area contributed by atoms with Crippen LogP contribution in [-0.2, 0) is 11.3 Å². The Morgan fingerprint density at radius 2 is 1.86 bits per heavy atom. The predicted octanol–water partition coefficient (Wildman–Crippen LogP) is 3.38. The molecule has 1 spiro atoms. The third-order valence-corrected chi connectivity index (χ3v) is 5.92. The molecule has 0 radical (unpaired) electrons. The lowest BCUT2D eigenvalue weighted by Crippen LogP contribution is -2.59. The summed E-state index contributed by atoms with van der Waals surface area (Å²) in [6.45, 7) is 2.86. The number of likely N-dealkylation sites (tertiary alicyclic amines) is 1. The van der Waals surface area contributed by atoms with Crippen molar-refractivity contribution in [3.8, 4) is 0 Å². The fraction of sp³-hybridized carbons (Fsp3) is 0.318. The Morgan fingerprint density at radius 1 is 1.14 bits per heavy atom. The van der Waals surface area contributed by atoms with Gasteiger partial charge in [-0.1, -0.05) is 53.6 Å². The Morgan fingerprint density at radius 3 is 2.59 bits per heavy atom. The first kappa shape index (κ1) is 19.5. The van der Waals surface area contributed by atoms with Gasteiger partial charge in [-0.3, -0.25) is 14.5 Å². The fourth-order valence-electron chi connectivity index (χ4n) is 4.01. The van der Waals surface area contributed by atoms with Gasteiger partial charge in [-0.15, -0.1) is 0 Å². The summed E-state index contributed by atoms with van der Waals surface area (Å²) in [5.74, 6) is -0.506. The maximum Gasteiger partial charge on any atom is 0.325 e. The summed E-state index contributed by atoms with van der Waals surface area (Å²) >= 11 is 6.17. The fourth-order valence-corrected chi connectivity index (χ4v) is 4.22. The van der Waals surface area contributed by atoms with Gasteiger partial charge in [0.1, 0.15) is 5.54 Å². The number of carbonyl (C=O) groups is 3. The monoisotopic (exact) mass is 411 g/mol. The number of benzene rings is 2. The molecule has 0 bridgehead atoms. The first-order chi connectivity index (χ1) is 13.9. The molecule has 4 amide bonds. The summed E-state index contributed by atoms with van der Waals surface area (Å²) in [6, 6.07) is 14.2. The molecule has 2 aliphatic heterocycles. The molecule has 0 saturated carbocycles. The number of hydrogen-bond donors (Lipinski definition) is 1. The van der Waals surface area contributed by atoms with Gasteiger partial charge in [0.05, 0.1) is 23.7 Å². The summed E-state index contributed by atoms with van der Waals surface area (Å²) in [4.78, 5) is 41.6. The molecule has 2 aromatic carbocycles. The molecule has 2 saturated heterocycles. The van der Waals surface area contributed by atoms with Crippen LogP contribution < -0.4 is 5.32 Å². The van der Waals surface area contributed by atoms with Crippen molar-refractivity contribution in [1.82, 2.24) is 15.1 Å². The number of nitrogens with one attached hydrogen (secondary N) is 1. The van der Waals surface area contributed by atoms with Gasteiger partial charge >= 0.3 is 6.03 Å². The van der Waals surface area contributed by atoms with Gasteiger partial charge in [-0.05, 0) is 37.5 Å². The molecule has 7 heteroatoms. The SMILES string of the molecule is Cc1ccc(CN2C(=O)N[C@]3(CCCN(C(=O)c4ccccc4Cl)C3)C2=O)cc1. The second-order valence-electron chi connectivity index (χ2n) is 7.70. The van der Waals surface area contributed by atoms with Crippen LogP contribution in [0, 0.1) is 6.92 Å². The molecule has 0 aliphatic carbocycles. The summed E-state index contributed by atoms with van der Waals surface area (Å²) in [5.41, 5.74) is 1.33. The van der Waals surface area contributed by atoms with E-state index in [1.165, 1.54) is 4.90 Å². The van der Waals surface area contributed by atoms with Gasteiger partial charge in [0.2, 0.25) is 0 Å². The van der Waals surface area contributed by atoms with Gasteiger partial charge in [0.15, 0.2) is 0 Å². The van der Waals surface area contributed by atoms with Crippen LogP contribution in [0.2, 0.25) is 5.02 Å². The molecule has 0 unspecified atom stereocenters. The number of amides is 4. The van der Waals surface area contributed by atoms with E-state index in [4.69, 9.17) is 11.6 Å². The number of urea groups is 1. The van der Waals surface area contributed by atoms with E-state index < -0.39 is 11.6 Å². The zero-order valence-electron chi connectivity index (χ0n) is 16.2. The normalized spacial score (nSPS) is 21.6. The molecule has 2 heterocycles. The lowest BCUT2D eigenvalue weighted by Gasteiger charge is -2.38. The molecule has 4 rings (SSSR count). The molecule has 6 nitrogen and oxygen atoms in total. The van der Waals surface area contributed by atoms with Crippen molar-refractivity contribution >= 4 is 29.4 Å². The lowest BCUT2D eigenvalue weighted by atomic mass is 9.88. The van der Waals surface area contributed by atoms with E-state index in [2.05, 4.69) is 5.32 Å². The van der Waals surface area contributed by atoms with E-state index in [1.807, 2.05) is 31.2 Å². The van der Waals surface area contributed by atoms with E-state index >= 15 is 0 Å². The number of imide groups is 1. The molecule has 1 N–H and O–H groups in total. The Bertz CT molecular complexity index is 976. The molecule has 0 aromatic heterocycles. The molecule has 29 heavy (non-hydrogen) atoms. The molecule has 2 fully saturated rings. The second-order valence-corrected chi connectivity index (χ2v) is 8.11. The Balaban J connectivity index is 1.54. The molecular weight excluding hydrogens is 390 g/mol. The summed E-state index contributed by atoms with van der Waals surface area (Å²) in [7, 11) is 0. The van der Waals surface area contributed by atoms with E-state index in [-0.39, 0.29) is 24.9 Å². The van der Waals surface area contributed by atoms with Crippen molar-refractivity contribution in [3.63, 3.8) is 0 Å². The minimum absolute atomic E-state index is 0.145. The van der Waals surface area contributed by atoms with Crippen molar-refractivity contribution in [2.24, 2.45) is 0 Å². The largest absolute Gasteiger partial charge is 0.336 e. The second kappa shape index (κ2) is 7.52. The van der Waals surface area contributed by atoms with E-state index in [0.29, 0.717) is 30.0 Å². The number of rotatable bonds is 3. The molecule has 2 aromatic rings. The summed E-state index contributed by atoms with van der Waals surface area (Å²) in [5, 5.41) is 3.24. The van der Waals surface area contributed by atoms with Crippen molar-refractivity contribution in [2.45, 2.75) is 31.8 Å². The minimum Gasteiger partial charge on any atom is -0.336 e. The highest BCUT2D eigenvalue weighted by Gasteiger charge is 2.53. The first-order valence-corrected chi connectivity index (χ1v) is 10.0. The Labute approximate surface area is 174 Å². The van der Waals surface area contributed by atoms with Crippen LogP contribution in [0.3, 0.4) is 0 Å². The number of piperidine rings is 1. The maximum absolute atomic E-state index is 13.2. The van der Waals surface area contributed by atoms with Crippen LogP contribution in [0.5, 0.6) is 0 Å². The molecule has 2 aliphatic rings. The number of hydrogen-bond acceptors (Lipinski definition) is 3. The van der Waals surface area contributed by atoms with Crippen LogP contribution in [0.1, 0.15) is 34.3 Å². The molecule has 1 atom stereocenters. The summed E-state index contributed by atoms with van der Waals surface area (Å²) in [6.07, 6.45) is 1.13. The van der Waals surface area contributed by atoms with Crippen LogP contribution >= 0.6 is 11.6 Å². The average molecular weight is 412 g/mol. The third kappa shape index (κ3) is 3.60. The van der Waals surface area contributed by atoms with Crippen LogP contribution in [0.15, 0.2) is 48.5 Å². The van der Waals surface area contributed by atoms with E-state index in [9.17, 15) is 14.4 Å². The zero-order chi connectivity index (χ0) is 20.6. The highest BCUT2D eigenvalue weighted by Crippen LogP contribution is 2.31. The van der Waals surface area contributed by atoms with Gasteiger partial charge in [0.25, 0.3) is 11.8 Å². The van der Waals surface area contributed by atoms with Crippen LogP contribution in [0.4, 0.5) is 4.79 Å². The average Bonchev–Trinajstić information content (AvgIpc) is 2.93. The Hall–Kier alpha value is -2.86. The smallest absolute Gasteiger partial charge is 0.325 e. The first-order valence-electron chi connectivity index (χ1n) is 9.63. The maximum atomic E-state index is 13.2. The van der Waals surface area contributed by atoms with Crippen LogP contribution in [-0.4, -0.2) is 46.3 Å². The van der Waals surface area contributed by atoms with Gasteiger partial charge in [0, 0.05) is 6.54 Å². The van der Waals surface area contributed by atoms with Crippen molar-refractivity contribution in [1.29, 1.82) is 0 Å². The Kier molecular flexibility index (Phi) is 5.04. The van der Waals surface area contributed by atoms with Crippen molar-refractivity contribution in [3.05, 3.63) is 70.2 Å². The number of carbonyl (C=O) groups excluding carboxylic acids is 3. The minimum atomic E-state index is -1.07. The lowest BCUT2D eigenvalue weighted by molar-refractivity contribution is -0.133. The van der Waals surface area contributed by atoms with Crippen molar-refractivity contribution in [2.75, 3.05) is 13.1 Å². The highest BCUT2D eigenvalue weighted by atomic mass is 35.5. The quantitative estimate of drug-likeness (QED) is 0.787.